The molecule has 0 aliphatic carbocycles. The van der Waals surface area contributed by atoms with Crippen molar-refractivity contribution in [2.75, 3.05) is 32.8 Å². The van der Waals surface area contributed by atoms with Gasteiger partial charge in [0.1, 0.15) is 6.61 Å². The number of primary amides is 1. The Kier molecular flexibility index (Phi) is 8.70. The van der Waals surface area contributed by atoms with Crippen molar-refractivity contribution in [3.05, 3.63) is 0 Å². The molecule has 0 aromatic heterocycles. The summed E-state index contributed by atoms with van der Waals surface area (Å²) in [6, 6.07) is 0. The summed E-state index contributed by atoms with van der Waals surface area (Å²) in [6.45, 7) is 4.10. The zero-order valence-electron chi connectivity index (χ0n) is 9.04. The van der Waals surface area contributed by atoms with Crippen molar-refractivity contribution in [2.24, 2.45) is 5.73 Å². The molecule has 0 radical (unpaired) electrons. The predicted octanol–water partition coefficient (Wildman–Crippen LogP) is -1.40. The Labute approximate surface area is 89.5 Å². The quantitative estimate of drug-likeness (QED) is 0.414. The average Bonchev–Trinajstić information content (AvgIpc) is 2.16. The van der Waals surface area contributed by atoms with Gasteiger partial charge in [0.05, 0.1) is 6.61 Å². The van der Waals surface area contributed by atoms with Crippen molar-refractivity contribution >= 4 is 11.8 Å². The number of ether oxygens (including phenoxy) is 1. The summed E-state index contributed by atoms with van der Waals surface area (Å²) < 4.78 is 4.91. The summed E-state index contributed by atoms with van der Waals surface area (Å²) in [6.07, 6.45) is 0.448. The van der Waals surface area contributed by atoms with Crippen molar-refractivity contribution in [3.8, 4) is 0 Å². The van der Waals surface area contributed by atoms with Crippen molar-refractivity contribution < 1.29 is 14.3 Å². The van der Waals surface area contributed by atoms with Crippen LogP contribution in [0, 0.1) is 0 Å². The van der Waals surface area contributed by atoms with E-state index in [4.69, 9.17) is 10.5 Å². The summed E-state index contributed by atoms with van der Waals surface area (Å²) in [5.41, 5.74) is 4.87. The monoisotopic (exact) mass is 217 g/mol. The number of carbonyl (C=O) groups is 2. The van der Waals surface area contributed by atoms with Crippen LogP contribution in [0.15, 0.2) is 0 Å². The number of hydrogen-bond donors (Lipinski definition) is 3. The highest BCUT2D eigenvalue weighted by molar-refractivity contribution is 5.76. The van der Waals surface area contributed by atoms with E-state index in [0.29, 0.717) is 32.7 Å². The van der Waals surface area contributed by atoms with Gasteiger partial charge in [-0.3, -0.25) is 9.59 Å². The Morgan fingerprint density at radius 2 is 2.07 bits per heavy atom. The summed E-state index contributed by atoms with van der Waals surface area (Å²) in [5.74, 6) is -0.444. The lowest BCUT2D eigenvalue weighted by molar-refractivity contribution is -0.122. The number of amides is 2. The van der Waals surface area contributed by atoms with E-state index < -0.39 is 5.91 Å². The first kappa shape index (κ1) is 13.9. The molecule has 0 saturated carbocycles. The summed E-state index contributed by atoms with van der Waals surface area (Å²) in [4.78, 5) is 21.3. The highest BCUT2D eigenvalue weighted by Crippen LogP contribution is 1.77. The van der Waals surface area contributed by atoms with Gasteiger partial charge in [-0.25, -0.2) is 0 Å². The standard InChI is InChI=1S/C9H19N3O3/c1-2-12-9(14)3-4-11-5-6-15-7-8(10)13/h11H,2-7H2,1H3,(H2,10,13)(H,12,14). The maximum Gasteiger partial charge on any atom is 0.243 e. The van der Waals surface area contributed by atoms with Crippen LogP contribution >= 0.6 is 0 Å². The Bertz CT molecular complexity index is 197. The third-order valence-electron chi connectivity index (χ3n) is 1.57. The molecule has 88 valence electrons. The van der Waals surface area contributed by atoms with Crippen LogP contribution in [0.4, 0.5) is 0 Å². The van der Waals surface area contributed by atoms with E-state index in [9.17, 15) is 9.59 Å². The fourth-order valence-corrected chi connectivity index (χ4v) is 0.930. The van der Waals surface area contributed by atoms with E-state index in [2.05, 4.69) is 10.6 Å². The summed E-state index contributed by atoms with van der Waals surface area (Å²) in [7, 11) is 0. The van der Waals surface area contributed by atoms with Crippen LogP contribution in [0.1, 0.15) is 13.3 Å². The molecule has 6 nitrogen and oxygen atoms in total. The lowest BCUT2D eigenvalue weighted by atomic mass is 10.4. The first-order valence-corrected chi connectivity index (χ1v) is 5.00. The SMILES string of the molecule is CCNC(=O)CCNCCOCC(N)=O. The van der Waals surface area contributed by atoms with Gasteiger partial charge in [0.25, 0.3) is 0 Å². The molecule has 0 fully saturated rings. The summed E-state index contributed by atoms with van der Waals surface area (Å²) >= 11 is 0. The van der Waals surface area contributed by atoms with Crippen molar-refractivity contribution in [3.63, 3.8) is 0 Å². The van der Waals surface area contributed by atoms with Gasteiger partial charge in [-0.05, 0) is 6.92 Å². The fraction of sp³-hybridized carbons (Fsp3) is 0.778. The molecular formula is C9H19N3O3. The first-order valence-electron chi connectivity index (χ1n) is 5.00. The van der Waals surface area contributed by atoms with E-state index in [1.807, 2.05) is 6.92 Å². The molecule has 0 aromatic rings. The van der Waals surface area contributed by atoms with Gasteiger partial charge in [-0.2, -0.15) is 0 Å². The molecule has 0 unspecified atom stereocenters. The molecule has 0 rings (SSSR count). The van der Waals surface area contributed by atoms with Crippen molar-refractivity contribution in [1.29, 1.82) is 0 Å². The third-order valence-corrected chi connectivity index (χ3v) is 1.57. The molecule has 6 heteroatoms. The van der Waals surface area contributed by atoms with Gasteiger partial charge < -0.3 is 21.1 Å². The van der Waals surface area contributed by atoms with Gasteiger partial charge in [-0.15, -0.1) is 0 Å². The highest BCUT2D eigenvalue weighted by Gasteiger charge is 1.98. The molecule has 4 N–H and O–H groups in total. The normalized spacial score (nSPS) is 9.93. The van der Waals surface area contributed by atoms with Crippen LogP contribution in [0.5, 0.6) is 0 Å². The van der Waals surface area contributed by atoms with Crippen LogP contribution in [-0.4, -0.2) is 44.7 Å². The zero-order chi connectivity index (χ0) is 11.5. The summed E-state index contributed by atoms with van der Waals surface area (Å²) in [5, 5.41) is 5.70. The molecular weight excluding hydrogens is 198 g/mol. The molecule has 0 aliphatic heterocycles. The van der Waals surface area contributed by atoms with E-state index in [1.54, 1.807) is 0 Å². The highest BCUT2D eigenvalue weighted by atomic mass is 16.5. The molecule has 0 spiro atoms. The van der Waals surface area contributed by atoms with Crippen molar-refractivity contribution in [1.82, 2.24) is 10.6 Å². The van der Waals surface area contributed by atoms with E-state index in [-0.39, 0.29) is 12.5 Å². The number of nitrogens with two attached hydrogens (primary N) is 1. The Morgan fingerprint density at radius 3 is 2.67 bits per heavy atom. The number of hydrogen-bond acceptors (Lipinski definition) is 4. The molecule has 0 atom stereocenters. The minimum Gasteiger partial charge on any atom is -0.370 e. The van der Waals surface area contributed by atoms with Crippen LogP contribution < -0.4 is 16.4 Å². The molecule has 0 heterocycles. The molecule has 15 heavy (non-hydrogen) atoms. The molecule has 0 aliphatic rings. The second-order valence-electron chi connectivity index (χ2n) is 2.97. The maximum absolute atomic E-state index is 11.0. The predicted molar refractivity (Wildman–Crippen MR) is 56.2 cm³/mol. The van der Waals surface area contributed by atoms with Gasteiger partial charge in [0.2, 0.25) is 11.8 Å². The second-order valence-corrected chi connectivity index (χ2v) is 2.97. The minimum atomic E-state index is -0.475. The van der Waals surface area contributed by atoms with Crippen LogP contribution in [0.3, 0.4) is 0 Å². The Morgan fingerprint density at radius 1 is 1.33 bits per heavy atom. The van der Waals surface area contributed by atoms with E-state index >= 15 is 0 Å². The number of nitrogens with one attached hydrogen (secondary N) is 2. The average molecular weight is 217 g/mol. The number of carbonyl (C=O) groups excluding carboxylic acids is 2. The lowest BCUT2D eigenvalue weighted by Gasteiger charge is -2.05. The smallest absolute Gasteiger partial charge is 0.243 e. The molecule has 0 saturated heterocycles. The minimum absolute atomic E-state index is 0.0306. The maximum atomic E-state index is 11.0. The second kappa shape index (κ2) is 9.42. The fourth-order valence-electron chi connectivity index (χ4n) is 0.930. The lowest BCUT2D eigenvalue weighted by Crippen LogP contribution is -2.29. The van der Waals surface area contributed by atoms with E-state index in [0.717, 1.165) is 0 Å². The Hall–Kier alpha value is -1.14. The van der Waals surface area contributed by atoms with Crippen LogP contribution in [0.25, 0.3) is 0 Å². The molecule has 2 amide bonds. The largest absolute Gasteiger partial charge is 0.370 e. The molecule has 0 bridgehead atoms. The van der Waals surface area contributed by atoms with Crippen molar-refractivity contribution in [2.45, 2.75) is 13.3 Å². The Balaban J connectivity index is 3.11. The van der Waals surface area contributed by atoms with Crippen LogP contribution in [0.2, 0.25) is 0 Å². The van der Waals surface area contributed by atoms with Crippen LogP contribution in [-0.2, 0) is 14.3 Å². The third kappa shape index (κ3) is 10.8. The van der Waals surface area contributed by atoms with Gasteiger partial charge in [0.15, 0.2) is 0 Å². The molecule has 0 aromatic carbocycles. The topological polar surface area (TPSA) is 93.4 Å². The first-order chi connectivity index (χ1) is 7.16. The zero-order valence-corrected chi connectivity index (χ0v) is 9.04. The van der Waals surface area contributed by atoms with E-state index in [1.165, 1.54) is 0 Å². The van der Waals surface area contributed by atoms with Gasteiger partial charge in [-0.1, -0.05) is 0 Å². The van der Waals surface area contributed by atoms with Gasteiger partial charge >= 0.3 is 0 Å². The van der Waals surface area contributed by atoms with Gasteiger partial charge in [0, 0.05) is 26.1 Å². The number of rotatable bonds is 9.